The molecule has 0 fully saturated rings. The number of rotatable bonds is 3. The van der Waals surface area contributed by atoms with Crippen LogP contribution in [0.5, 0.6) is 0 Å². The number of carbonyl (C=O) groups is 1. The summed E-state index contributed by atoms with van der Waals surface area (Å²) in [5.41, 5.74) is 2.20. The average Bonchev–Trinajstić information content (AvgIpc) is 3.05. The predicted octanol–water partition coefficient (Wildman–Crippen LogP) is 2.31. The second-order valence-electron chi connectivity index (χ2n) is 4.77. The fourth-order valence-corrected chi connectivity index (χ4v) is 2.18. The summed E-state index contributed by atoms with van der Waals surface area (Å²) < 4.78 is 6.87. The van der Waals surface area contributed by atoms with Gasteiger partial charge in [-0.15, -0.1) is 0 Å². The third-order valence-corrected chi connectivity index (χ3v) is 3.20. The monoisotopic (exact) mass is 285 g/mol. The number of hydrogen-bond acceptors (Lipinski definition) is 5. The smallest absolute Gasteiger partial charge is 0.258 e. The normalized spacial score (nSPS) is 11.0. The van der Waals surface area contributed by atoms with Crippen molar-refractivity contribution in [1.82, 2.24) is 19.9 Å². The van der Waals surface area contributed by atoms with Gasteiger partial charge in [-0.3, -0.25) is 9.48 Å². The van der Waals surface area contributed by atoms with E-state index in [4.69, 9.17) is 4.52 Å². The first-order chi connectivity index (χ1) is 10.1. The minimum Gasteiger partial charge on any atom is -0.336 e. The molecule has 0 radical (unpaired) electrons. The number of fused-ring (bicyclic) bond motifs is 1. The number of nitrogens with zero attached hydrogens (tertiary/aromatic N) is 4. The van der Waals surface area contributed by atoms with Gasteiger partial charge in [0.25, 0.3) is 11.6 Å². The van der Waals surface area contributed by atoms with Crippen molar-refractivity contribution in [3.63, 3.8) is 0 Å². The van der Waals surface area contributed by atoms with E-state index >= 15 is 0 Å². The Morgan fingerprint density at radius 3 is 2.95 bits per heavy atom. The zero-order valence-electron chi connectivity index (χ0n) is 12.0. The summed E-state index contributed by atoms with van der Waals surface area (Å²) in [5, 5.41) is 11.5. The van der Waals surface area contributed by atoms with Crippen LogP contribution >= 0.6 is 0 Å². The van der Waals surface area contributed by atoms with Gasteiger partial charge in [0.1, 0.15) is 0 Å². The Labute approximate surface area is 120 Å². The number of aryl methyl sites for hydroxylation is 3. The predicted molar refractivity (Wildman–Crippen MR) is 77.1 cm³/mol. The lowest BCUT2D eigenvalue weighted by atomic mass is 10.1. The van der Waals surface area contributed by atoms with E-state index in [0.717, 1.165) is 6.54 Å². The number of aromatic nitrogens is 4. The van der Waals surface area contributed by atoms with Crippen molar-refractivity contribution >= 4 is 22.8 Å². The fourth-order valence-electron chi connectivity index (χ4n) is 2.18. The highest BCUT2D eigenvalue weighted by Crippen LogP contribution is 2.22. The Hall–Kier alpha value is -2.70. The van der Waals surface area contributed by atoms with Crippen LogP contribution in [0.2, 0.25) is 0 Å². The number of anilines is 1. The Morgan fingerprint density at radius 2 is 2.24 bits per heavy atom. The molecule has 3 aromatic heterocycles. The zero-order chi connectivity index (χ0) is 15.0. The molecule has 108 valence electrons. The van der Waals surface area contributed by atoms with Crippen LogP contribution in [0.4, 0.5) is 5.82 Å². The van der Waals surface area contributed by atoms with Crippen molar-refractivity contribution in [1.29, 1.82) is 0 Å². The third-order valence-electron chi connectivity index (χ3n) is 3.20. The van der Waals surface area contributed by atoms with Crippen molar-refractivity contribution in [2.45, 2.75) is 27.3 Å². The molecule has 21 heavy (non-hydrogen) atoms. The molecule has 1 N–H and O–H groups in total. The van der Waals surface area contributed by atoms with Crippen molar-refractivity contribution in [3.8, 4) is 0 Å². The molecule has 1 amide bonds. The van der Waals surface area contributed by atoms with Gasteiger partial charge >= 0.3 is 0 Å². The average molecular weight is 285 g/mol. The van der Waals surface area contributed by atoms with Crippen LogP contribution in [0.25, 0.3) is 11.1 Å². The van der Waals surface area contributed by atoms with Crippen LogP contribution in [0, 0.1) is 13.8 Å². The quantitative estimate of drug-likeness (QED) is 0.798. The fraction of sp³-hybridized carbons (Fsp3) is 0.286. The van der Waals surface area contributed by atoms with E-state index in [-0.39, 0.29) is 5.91 Å². The van der Waals surface area contributed by atoms with E-state index in [1.807, 2.05) is 13.1 Å². The summed E-state index contributed by atoms with van der Waals surface area (Å²) in [7, 11) is 0. The second kappa shape index (κ2) is 5.01. The number of amides is 1. The van der Waals surface area contributed by atoms with Gasteiger partial charge in [-0.2, -0.15) is 5.10 Å². The topological polar surface area (TPSA) is 85.8 Å². The van der Waals surface area contributed by atoms with Gasteiger partial charge in [-0.05, 0) is 26.8 Å². The van der Waals surface area contributed by atoms with Crippen molar-refractivity contribution in [3.05, 3.63) is 35.3 Å². The van der Waals surface area contributed by atoms with Crippen LogP contribution in [0.3, 0.4) is 0 Å². The van der Waals surface area contributed by atoms with Crippen LogP contribution in [0.1, 0.15) is 28.7 Å². The molecule has 0 aliphatic carbocycles. The lowest BCUT2D eigenvalue weighted by Crippen LogP contribution is -2.14. The van der Waals surface area contributed by atoms with Crippen molar-refractivity contribution in [2.24, 2.45) is 0 Å². The first-order valence-electron chi connectivity index (χ1n) is 6.67. The number of carbonyl (C=O) groups excluding carboxylic acids is 1. The molecule has 3 heterocycles. The molecule has 0 saturated heterocycles. The Morgan fingerprint density at radius 1 is 1.43 bits per heavy atom. The lowest BCUT2D eigenvalue weighted by molar-refractivity contribution is 0.102. The molecule has 0 bridgehead atoms. The Bertz CT molecular complexity index is 818. The van der Waals surface area contributed by atoms with Crippen LogP contribution in [0.15, 0.2) is 22.9 Å². The number of nitrogens with one attached hydrogen (secondary N) is 1. The van der Waals surface area contributed by atoms with E-state index in [2.05, 4.69) is 20.6 Å². The minimum atomic E-state index is -0.252. The van der Waals surface area contributed by atoms with Gasteiger partial charge in [-0.1, -0.05) is 5.16 Å². The molecule has 7 nitrogen and oxygen atoms in total. The highest BCUT2D eigenvalue weighted by Gasteiger charge is 2.18. The van der Waals surface area contributed by atoms with E-state index in [0.29, 0.717) is 33.9 Å². The number of hydrogen-bond donors (Lipinski definition) is 1. The maximum atomic E-state index is 12.5. The van der Waals surface area contributed by atoms with E-state index < -0.39 is 0 Å². The molecule has 3 rings (SSSR count). The summed E-state index contributed by atoms with van der Waals surface area (Å²) >= 11 is 0. The standard InChI is InChI=1S/C14H15N5O2/c1-4-19-6-5-11(17-19)16-13(20)10-7-8(2)15-14-12(10)9(3)18-21-14/h5-7H,4H2,1-3H3,(H,16,17,20). The van der Waals surface area contributed by atoms with Crippen LogP contribution < -0.4 is 5.32 Å². The first kappa shape index (κ1) is 13.3. The van der Waals surface area contributed by atoms with Crippen molar-refractivity contribution < 1.29 is 9.32 Å². The molecular weight excluding hydrogens is 270 g/mol. The highest BCUT2D eigenvalue weighted by atomic mass is 16.5. The second-order valence-corrected chi connectivity index (χ2v) is 4.77. The van der Waals surface area contributed by atoms with Gasteiger partial charge < -0.3 is 9.84 Å². The molecule has 0 aliphatic heterocycles. The van der Waals surface area contributed by atoms with Crippen molar-refractivity contribution in [2.75, 3.05) is 5.32 Å². The van der Waals surface area contributed by atoms with E-state index in [9.17, 15) is 4.79 Å². The van der Waals surface area contributed by atoms with E-state index in [1.165, 1.54) is 0 Å². The summed E-state index contributed by atoms with van der Waals surface area (Å²) in [5.74, 6) is 0.261. The summed E-state index contributed by atoms with van der Waals surface area (Å²) in [6.45, 7) is 6.32. The maximum Gasteiger partial charge on any atom is 0.258 e. The van der Waals surface area contributed by atoms with Gasteiger partial charge in [0.15, 0.2) is 5.82 Å². The number of pyridine rings is 1. The summed E-state index contributed by atoms with van der Waals surface area (Å²) in [4.78, 5) is 16.7. The van der Waals surface area contributed by atoms with Gasteiger partial charge in [0.05, 0.1) is 16.6 Å². The molecule has 3 aromatic rings. The highest BCUT2D eigenvalue weighted by molar-refractivity contribution is 6.12. The first-order valence-corrected chi connectivity index (χ1v) is 6.67. The minimum absolute atomic E-state index is 0.252. The molecule has 0 saturated carbocycles. The zero-order valence-corrected chi connectivity index (χ0v) is 12.0. The molecule has 0 atom stereocenters. The van der Waals surface area contributed by atoms with Gasteiger partial charge in [0.2, 0.25) is 0 Å². The molecule has 0 spiro atoms. The SMILES string of the molecule is CCn1ccc(NC(=O)c2cc(C)nc3onc(C)c23)n1. The largest absolute Gasteiger partial charge is 0.336 e. The maximum absolute atomic E-state index is 12.5. The molecule has 0 unspecified atom stereocenters. The lowest BCUT2D eigenvalue weighted by Gasteiger charge is -2.04. The molecule has 0 aliphatic rings. The summed E-state index contributed by atoms with van der Waals surface area (Å²) in [6.07, 6.45) is 1.81. The van der Waals surface area contributed by atoms with Crippen LogP contribution in [-0.4, -0.2) is 25.8 Å². The van der Waals surface area contributed by atoms with Gasteiger partial charge in [-0.25, -0.2) is 4.98 Å². The summed E-state index contributed by atoms with van der Waals surface area (Å²) in [6, 6.07) is 3.48. The molecule has 0 aromatic carbocycles. The van der Waals surface area contributed by atoms with Crippen LogP contribution in [-0.2, 0) is 6.54 Å². The van der Waals surface area contributed by atoms with E-state index in [1.54, 1.807) is 30.7 Å². The Balaban J connectivity index is 1.99. The molecule has 7 heteroatoms. The molecular formula is C14H15N5O2. The third kappa shape index (κ3) is 2.37. The van der Waals surface area contributed by atoms with Gasteiger partial charge in [0, 0.05) is 24.5 Å². The Kier molecular flexibility index (Phi) is 3.17.